The first-order valence-corrected chi connectivity index (χ1v) is 7.29. The molecule has 1 amide bonds. The van der Waals surface area contributed by atoms with Gasteiger partial charge in [0.1, 0.15) is 5.60 Å². The van der Waals surface area contributed by atoms with Crippen LogP contribution in [0.2, 0.25) is 0 Å². The molecule has 1 unspecified atom stereocenters. The van der Waals surface area contributed by atoms with E-state index in [9.17, 15) is 4.79 Å². The molecule has 0 saturated carbocycles. The molecule has 112 valence electrons. The van der Waals surface area contributed by atoms with Crippen LogP contribution in [-0.2, 0) is 4.74 Å². The van der Waals surface area contributed by atoms with Crippen LogP contribution in [0.3, 0.4) is 0 Å². The summed E-state index contributed by atoms with van der Waals surface area (Å²) in [5.74, 6) is 0. The molecule has 1 rings (SSSR count). The first-order valence-electron chi connectivity index (χ1n) is 7.29. The number of carbonyl (C=O) groups is 1. The van der Waals surface area contributed by atoms with Crippen LogP contribution in [0.4, 0.5) is 4.79 Å². The molecule has 0 spiro atoms. The van der Waals surface area contributed by atoms with Crippen LogP contribution in [0.15, 0.2) is 0 Å². The standard InChI is InChI=1S/C14H29N3O2/c1-5-6-7-16-8-9-17(11-12(16)10-15)13(18)19-14(2,3)4/h12H,5-11,15H2,1-4H3. The molecule has 19 heavy (non-hydrogen) atoms. The van der Waals surface area contributed by atoms with Gasteiger partial charge >= 0.3 is 6.09 Å². The summed E-state index contributed by atoms with van der Waals surface area (Å²) in [6.45, 7) is 11.8. The first kappa shape index (κ1) is 16.2. The highest BCUT2D eigenvalue weighted by Crippen LogP contribution is 2.15. The number of rotatable bonds is 4. The average molecular weight is 271 g/mol. The maximum Gasteiger partial charge on any atom is 0.410 e. The number of hydrogen-bond donors (Lipinski definition) is 1. The maximum absolute atomic E-state index is 12.0. The Morgan fingerprint density at radius 3 is 2.58 bits per heavy atom. The van der Waals surface area contributed by atoms with E-state index in [0.29, 0.717) is 13.1 Å². The maximum atomic E-state index is 12.0. The molecule has 0 radical (unpaired) electrons. The normalized spacial score (nSPS) is 21.5. The molecular formula is C14H29N3O2. The van der Waals surface area contributed by atoms with Crippen molar-refractivity contribution in [2.24, 2.45) is 5.73 Å². The van der Waals surface area contributed by atoms with Crippen LogP contribution in [0, 0.1) is 0 Å². The van der Waals surface area contributed by atoms with E-state index in [2.05, 4.69) is 11.8 Å². The molecule has 5 heteroatoms. The summed E-state index contributed by atoms with van der Waals surface area (Å²) in [7, 11) is 0. The fourth-order valence-electron chi connectivity index (χ4n) is 2.26. The van der Waals surface area contributed by atoms with E-state index in [1.807, 2.05) is 20.8 Å². The molecule has 1 heterocycles. The summed E-state index contributed by atoms with van der Waals surface area (Å²) < 4.78 is 5.41. The molecule has 0 aromatic carbocycles. The van der Waals surface area contributed by atoms with E-state index in [-0.39, 0.29) is 12.1 Å². The van der Waals surface area contributed by atoms with Crippen molar-refractivity contribution in [2.75, 3.05) is 32.7 Å². The lowest BCUT2D eigenvalue weighted by molar-refractivity contribution is 0.00465. The van der Waals surface area contributed by atoms with Crippen LogP contribution in [0.1, 0.15) is 40.5 Å². The van der Waals surface area contributed by atoms with Crippen molar-refractivity contribution in [3.8, 4) is 0 Å². The SMILES string of the molecule is CCCCN1CCN(C(=O)OC(C)(C)C)CC1CN. The first-order chi connectivity index (χ1) is 8.87. The Hall–Kier alpha value is -0.810. The van der Waals surface area contributed by atoms with Gasteiger partial charge in [0, 0.05) is 32.2 Å². The zero-order chi connectivity index (χ0) is 14.5. The minimum Gasteiger partial charge on any atom is -0.444 e. The van der Waals surface area contributed by atoms with Gasteiger partial charge in [-0.25, -0.2) is 4.79 Å². The number of carbonyl (C=O) groups excluding carboxylic acids is 1. The molecule has 5 nitrogen and oxygen atoms in total. The van der Waals surface area contributed by atoms with Gasteiger partial charge in [-0.05, 0) is 33.7 Å². The Labute approximate surface area is 117 Å². The van der Waals surface area contributed by atoms with Crippen molar-refractivity contribution in [3.63, 3.8) is 0 Å². The van der Waals surface area contributed by atoms with E-state index in [4.69, 9.17) is 10.5 Å². The summed E-state index contributed by atoms with van der Waals surface area (Å²) >= 11 is 0. The topological polar surface area (TPSA) is 58.8 Å². The van der Waals surface area contributed by atoms with E-state index in [1.54, 1.807) is 4.90 Å². The van der Waals surface area contributed by atoms with Crippen molar-refractivity contribution in [1.82, 2.24) is 9.80 Å². The Morgan fingerprint density at radius 1 is 1.37 bits per heavy atom. The molecule has 0 aromatic heterocycles. The lowest BCUT2D eigenvalue weighted by atomic mass is 10.1. The Bertz CT molecular complexity index is 289. The second-order valence-corrected chi connectivity index (χ2v) is 6.21. The molecule has 1 aliphatic heterocycles. The summed E-state index contributed by atoms with van der Waals surface area (Å²) in [4.78, 5) is 16.2. The van der Waals surface area contributed by atoms with Crippen molar-refractivity contribution < 1.29 is 9.53 Å². The number of ether oxygens (including phenoxy) is 1. The van der Waals surface area contributed by atoms with Crippen LogP contribution >= 0.6 is 0 Å². The van der Waals surface area contributed by atoms with Gasteiger partial charge < -0.3 is 15.4 Å². The minimum atomic E-state index is -0.436. The van der Waals surface area contributed by atoms with Gasteiger partial charge in [0.2, 0.25) is 0 Å². The Kier molecular flexibility index (Phi) is 6.07. The van der Waals surface area contributed by atoms with Crippen LogP contribution in [0.25, 0.3) is 0 Å². The van der Waals surface area contributed by atoms with Gasteiger partial charge in [-0.1, -0.05) is 13.3 Å². The average Bonchev–Trinajstić information content (AvgIpc) is 2.34. The Balaban J connectivity index is 2.51. The lowest BCUT2D eigenvalue weighted by Gasteiger charge is -2.41. The van der Waals surface area contributed by atoms with E-state index in [0.717, 1.165) is 19.6 Å². The van der Waals surface area contributed by atoms with Gasteiger partial charge in [0.05, 0.1) is 0 Å². The van der Waals surface area contributed by atoms with Crippen LogP contribution in [0.5, 0.6) is 0 Å². The number of hydrogen-bond acceptors (Lipinski definition) is 4. The van der Waals surface area contributed by atoms with E-state index >= 15 is 0 Å². The number of unbranched alkanes of at least 4 members (excludes halogenated alkanes) is 1. The molecule has 1 saturated heterocycles. The van der Waals surface area contributed by atoms with Crippen molar-refractivity contribution in [3.05, 3.63) is 0 Å². The lowest BCUT2D eigenvalue weighted by Crippen LogP contribution is -2.57. The quantitative estimate of drug-likeness (QED) is 0.845. The number of piperazine rings is 1. The molecule has 2 N–H and O–H groups in total. The Morgan fingerprint density at radius 2 is 2.05 bits per heavy atom. The monoisotopic (exact) mass is 271 g/mol. The summed E-state index contributed by atoms with van der Waals surface area (Å²) in [6, 6.07) is 0.257. The molecule has 1 atom stereocenters. The number of nitrogens with two attached hydrogens (primary N) is 1. The molecule has 1 fully saturated rings. The smallest absolute Gasteiger partial charge is 0.410 e. The molecule has 0 aromatic rings. The largest absolute Gasteiger partial charge is 0.444 e. The zero-order valence-corrected chi connectivity index (χ0v) is 12.8. The third-order valence-corrected chi connectivity index (χ3v) is 3.33. The predicted molar refractivity (Wildman–Crippen MR) is 77.1 cm³/mol. The third kappa shape index (κ3) is 5.37. The molecule has 1 aliphatic rings. The van der Waals surface area contributed by atoms with Gasteiger partial charge in [-0.15, -0.1) is 0 Å². The number of amides is 1. The zero-order valence-electron chi connectivity index (χ0n) is 12.8. The highest BCUT2D eigenvalue weighted by Gasteiger charge is 2.30. The van der Waals surface area contributed by atoms with Crippen LogP contribution in [-0.4, -0.2) is 60.3 Å². The second kappa shape index (κ2) is 7.10. The van der Waals surface area contributed by atoms with Gasteiger partial charge in [-0.2, -0.15) is 0 Å². The fraction of sp³-hybridized carbons (Fsp3) is 0.929. The van der Waals surface area contributed by atoms with E-state index in [1.165, 1.54) is 12.8 Å². The summed E-state index contributed by atoms with van der Waals surface area (Å²) in [5.41, 5.74) is 5.40. The van der Waals surface area contributed by atoms with Crippen LogP contribution < -0.4 is 5.73 Å². The summed E-state index contributed by atoms with van der Waals surface area (Å²) in [5, 5.41) is 0. The van der Waals surface area contributed by atoms with Crippen molar-refractivity contribution in [1.29, 1.82) is 0 Å². The molecule has 0 bridgehead atoms. The third-order valence-electron chi connectivity index (χ3n) is 3.33. The highest BCUT2D eigenvalue weighted by molar-refractivity contribution is 5.68. The van der Waals surface area contributed by atoms with Gasteiger partial charge in [0.15, 0.2) is 0 Å². The molecule has 0 aliphatic carbocycles. The van der Waals surface area contributed by atoms with Gasteiger partial charge in [-0.3, -0.25) is 4.90 Å². The highest BCUT2D eigenvalue weighted by atomic mass is 16.6. The summed E-state index contributed by atoms with van der Waals surface area (Å²) in [6.07, 6.45) is 2.15. The van der Waals surface area contributed by atoms with E-state index < -0.39 is 5.60 Å². The predicted octanol–water partition coefficient (Wildman–Crippen LogP) is 1.67. The van der Waals surface area contributed by atoms with Crippen molar-refractivity contribution in [2.45, 2.75) is 52.2 Å². The minimum absolute atomic E-state index is 0.221. The van der Waals surface area contributed by atoms with Gasteiger partial charge in [0.25, 0.3) is 0 Å². The van der Waals surface area contributed by atoms with Crippen molar-refractivity contribution >= 4 is 6.09 Å². The fourth-order valence-corrected chi connectivity index (χ4v) is 2.26. The second-order valence-electron chi connectivity index (χ2n) is 6.21. The number of nitrogens with zero attached hydrogens (tertiary/aromatic N) is 2. The molecular weight excluding hydrogens is 242 g/mol.